The minimum Gasteiger partial charge on any atom is -0.354 e. The number of aromatic nitrogens is 4. The fourth-order valence-corrected chi connectivity index (χ4v) is 10.8. The Kier molecular flexibility index (Phi) is 5.97. The third-order valence-electron chi connectivity index (χ3n) is 13.2. The molecule has 248 valence electrons. The summed E-state index contributed by atoms with van der Waals surface area (Å²) in [5, 5.41) is 11.0. The second kappa shape index (κ2) is 10.1. The van der Waals surface area contributed by atoms with Gasteiger partial charge in [0.25, 0.3) is 0 Å². The fraction of sp³-hybridized carbons (Fsp3) is 0.273. The summed E-state index contributed by atoms with van der Waals surface area (Å²) < 4.78 is 4.44. The van der Waals surface area contributed by atoms with Gasteiger partial charge in [-0.15, -0.1) is 0 Å². The standard InChI is InChI=1S/C44H42N6/c1-29-34-26-44(48(5)40-36(29)38(30-18-10-6-11-19-30)45-49(40)32-22-14-8-15-23-32)28-42(2)27-35(44)43(34,3)37-39(31-20-12-7-13-21-31)46-50(41(37)47(42)4)33-24-16-9-17-25-33/h6-25,34-35H,1,26-28H2,2-5H3/t34-,35-,42?,43?,44?/m1/s1. The molecule has 2 fully saturated rings. The monoisotopic (exact) mass is 654 g/mol. The molecule has 3 unspecified atom stereocenters. The molecule has 4 aliphatic rings. The largest absolute Gasteiger partial charge is 0.354 e. The molecule has 4 bridgehead atoms. The predicted molar refractivity (Wildman–Crippen MR) is 203 cm³/mol. The Hall–Kier alpha value is -5.36. The van der Waals surface area contributed by atoms with Crippen molar-refractivity contribution in [1.29, 1.82) is 0 Å². The third-order valence-corrected chi connectivity index (χ3v) is 13.2. The zero-order valence-electron chi connectivity index (χ0n) is 29.2. The Bertz CT molecular complexity index is 2290. The molecule has 2 aliphatic heterocycles. The topological polar surface area (TPSA) is 42.1 Å². The van der Waals surface area contributed by atoms with E-state index in [1.807, 2.05) is 0 Å². The summed E-state index contributed by atoms with van der Waals surface area (Å²) in [5.41, 5.74) is 9.77. The lowest BCUT2D eigenvalue weighted by Crippen LogP contribution is -2.53. The van der Waals surface area contributed by atoms with Crippen LogP contribution in [0.15, 0.2) is 128 Å². The Balaban J connectivity index is 1.30. The molecule has 0 amide bonds. The van der Waals surface area contributed by atoms with E-state index in [2.05, 4.69) is 168 Å². The predicted octanol–water partition coefficient (Wildman–Crippen LogP) is 9.19. The van der Waals surface area contributed by atoms with E-state index in [4.69, 9.17) is 16.8 Å². The first-order chi connectivity index (χ1) is 24.3. The summed E-state index contributed by atoms with van der Waals surface area (Å²) >= 11 is 0. The highest BCUT2D eigenvalue weighted by Gasteiger charge is 2.73. The highest BCUT2D eigenvalue weighted by Crippen LogP contribution is 2.73. The normalized spacial score (nSPS) is 27.6. The number of nitrogens with zero attached hydrogens (tertiary/aromatic N) is 6. The van der Waals surface area contributed by atoms with Crippen molar-refractivity contribution in [3.05, 3.63) is 139 Å². The highest BCUT2D eigenvalue weighted by atomic mass is 15.4. The number of hydrogen-bond acceptors (Lipinski definition) is 4. The van der Waals surface area contributed by atoms with Crippen LogP contribution in [-0.2, 0) is 5.41 Å². The SMILES string of the molecule is C=C1c2c(-c3ccccc3)nn(-c3ccccc3)c2N(C)C23C[C@H]1C1(C)c4c(-c5ccccc5)nn(-c5ccccc5)c4N(C)C(C)(C[C@H]12)C3. The summed E-state index contributed by atoms with van der Waals surface area (Å²) in [6.45, 7) is 10.1. The number of allylic oxidation sites excluding steroid dienone is 1. The molecule has 6 nitrogen and oxygen atoms in total. The summed E-state index contributed by atoms with van der Waals surface area (Å²) in [7, 11) is 4.67. The molecule has 0 saturated heterocycles. The lowest BCUT2D eigenvalue weighted by atomic mass is 9.63. The second-order valence-electron chi connectivity index (χ2n) is 15.5. The van der Waals surface area contributed by atoms with Crippen molar-refractivity contribution in [1.82, 2.24) is 19.6 Å². The zero-order chi connectivity index (χ0) is 34.0. The first kappa shape index (κ1) is 29.5. The summed E-state index contributed by atoms with van der Waals surface area (Å²) in [5.74, 6) is 2.91. The lowest BCUT2D eigenvalue weighted by Gasteiger charge is -2.47. The van der Waals surface area contributed by atoms with Crippen LogP contribution >= 0.6 is 0 Å². The summed E-state index contributed by atoms with van der Waals surface area (Å²) in [6, 6.07) is 42.9. The molecule has 0 radical (unpaired) electrons. The quantitative estimate of drug-likeness (QED) is 0.190. The van der Waals surface area contributed by atoms with Gasteiger partial charge in [-0.2, -0.15) is 10.2 Å². The van der Waals surface area contributed by atoms with Gasteiger partial charge < -0.3 is 9.80 Å². The molecule has 6 aromatic rings. The van der Waals surface area contributed by atoms with Crippen LogP contribution in [-0.4, -0.2) is 44.7 Å². The molecular weight excluding hydrogens is 613 g/mol. The van der Waals surface area contributed by atoms with Gasteiger partial charge in [0, 0.05) is 52.8 Å². The molecule has 1 spiro atoms. The van der Waals surface area contributed by atoms with Crippen LogP contribution in [0.2, 0.25) is 0 Å². The van der Waals surface area contributed by atoms with Gasteiger partial charge in [0.1, 0.15) is 17.3 Å². The van der Waals surface area contributed by atoms with E-state index in [9.17, 15) is 0 Å². The van der Waals surface area contributed by atoms with Gasteiger partial charge in [-0.1, -0.05) is 111 Å². The molecule has 4 aromatic carbocycles. The van der Waals surface area contributed by atoms with Crippen molar-refractivity contribution < 1.29 is 0 Å². The van der Waals surface area contributed by atoms with Gasteiger partial charge in [-0.3, -0.25) is 0 Å². The maximum atomic E-state index is 5.56. The Morgan fingerprint density at radius 1 is 0.620 bits per heavy atom. The zero-order valence-corrected chi connectivity index (χ0v) is 29.2. The van der Waals surface area contributed by atoms with Crippen LogP contribution in [0.4, 0.5) is 11.6 Å². The minimum atomic E-state index is -0.248. The van der Waals surface area contributed by atoms with Gasteiger partial charge in [0.05, 0.1) is 17.1 Å². The molecule has 6 heteroatoms. The van der Waals surface area contributed by atoms with Crippen molar-refractivity contribution in [2.75, 3.05) is 23.9 Å². The Morgan fingerprint density at radius 3 is 1.70 bits per heavy atom. The lowest BCUT2D eigenvalue weighted by molar-refractivity contribution is 0.260. The number of hydrogen-bond donors (Lipinski definition) is 0. The minimum absolute atomic E-state index is 0.0946. The molecule has 4 heterocycles. The average Bonchev–Trinajstić information content (AvgIpc) is 3.88. The first-order valence-electron chi connectivity index (χ1n) is 17.9. The van der Waals surface area contributed by atoms with Gasteiger partial charge in [-0.25, -0.2) is 9.36 Å². The molecule has 5 atom stereocenters. The van der Waals surface area contributed by atoms with Crippen LogP contribution in [0.1, 0.15) is 44.2 Å². The van der Waals surface area contributed by atoms with Gasteiger partial charge in [0.15, 0.2) is 0 Å². The van der Waals surface area contributed by atoms with Crippen molar-refractivity contribution in [2.45, 2.75) is 49.6 Å². The van der Waals surface area contributed by atoms with Crippen LogP contribution in [0.25, 0.3) is 39.5 Å². The second-order valence-corrected chi connectivity index (χ2v) is 15.5. The van der Waals surface area contributed by atoms with E-state index < -0.39 is 0 Å². The molecule has 2 aliphatic carbocycles. The van der Waals surface area contributed by atoms with Crippen LogP contribution in [0.5, 0.6) is 0 Å². The third kappa shape index (κ3) is 3.63. The van der Waals surface area contributed by atoms with E-state index in [1.54, 1.807) is 0 Å². The van der Waals surface area contributed by atoms with E-state index >= 15 is 0 Å². The average molecular weight is 655 g/mol. The Morgan fingerprint density at radius 2 is 1.12 bits per heavy atom. The number of para-hydroxylation sites is 2. The van der Waals surface area contributed by atoms with Crippen LogP contribution < -0.4 is 9.80 Å². The smallest absolute Gasteiger partial charge is 0.140 e. The number of fused-ring (bicyclic) bond motifs is 6. The van der Waals surface area contributed by atoms with E-state index in [1.165, 1.54) is 22.5 Å². The summed E-state index contributed by atoms with van der Waals surface area (Å²) in [6.07, 6.45) is 3.16. The molecule has 2 aromatic heterocycles. The van der Waals surface area contributed by atoms with Crippen molar-refractivity contribution in [2.24, 2.45) is 11.8 Å². The van der Waals surface area contributed by atoms with E-state index in [-0.39, 0.29) is 22.4 Å². The highest BCUT2D eigenvalue weighted by molar-refractivity contribution is 5.91. The van der Waals surface area contributed by atoms with Gasteiger partial charge >= 0.3 is 0 Å². The number of rotatable bonds is 4. The van der Waals surface area contributed by atoms with E-state index in [0.29, 0.717) is 5.92 Å². The number of benzene rings is 4. The maximum absolute atomic E-state index is 5.56. The van der Waals surface area contributed by atoms with Crippen molar-refractivity contribution in [3.8, 4) is 33.9 Å². The van der Waals surface area contributed by atoms with Crippen molar-refractivity contribution in [3.63, 3.8) is 0 Å². The van der Waals surface area contributed by atoms with Crippen LogP contribution in [0, 0.1) is 11.8 Å². The fourth-order valence-electron chi connectivity index (χ4n) is 10.8. The first-order valence-corrected chi connectivity index (χ1v) is 17.9. The van der Waals surface area contributed by atoms with Crippen LogP contribution in [0.3, 0.4) is 0 Å². The van der Waals surface area contributed by atoms with Gasteiger partial charge in [0.2, 0.25) is 0 Å². The van der Waals surface area contributed by atoms with Crippen molar-refractivity contribution >= 4 is 17.2 Å². The molecular formula is C44H42N6. The molecule has 10 rings (SSSR count). The summed E-state index contributed by atoms with van der Waals surface area (Å²) in [4.78, 5) is 5.25. The maximum Gasteiger partial charge on any atom is 0.140 e. The molecule has 0 N–H and O–H groups in total. The Labute approximate surface area is 294 Å². The van der Waals surface area contributed by atoms with E-state index in [0.717, 1.165) is 59.0 Å². The number of anilines is 2. The molecule has 50 heavy (non-hydrogen) atoms. The van der Waals surface area contributed by atoms with Gasteiger partial charge in [-0.05, 0) is 67.9 Å². The molecule has 2 saturated carbocycles.